The molecule has 3 aromatic heterocycles. The number of carbonyl (C=O) groups is 1. The van der Waals surface area contributed by atoms with Gasteiger partial charge in [-0.05, 0) is 38.1 Å². The van der Waals surface area contributed by atoms with E-state index in [0.29, 0.717) is 42.7 Å². The highest BCUT2D eigenvalue weighted by molar-refractivity contribution is 5.79. The van der Waals surface area contributed by atoms with Crippen molar-refractivity contribution >= 4 is 17.2 Å². The third-order valence-corrected chi connectivity index (χ3v) is 6.59. The van der Waals surface area contributed by atoms with E-state index >= 15 is 4.39 Å². The second-order valence-corrected chi connectivity index (χ2v) is 9.18. The fourth-order valence-corrected chi connectivity index (χ4v) is 4.71. The Morgan fingerprint density at radius 1 is 1.29 bits per heavy atom. The molecule has 0 unspecified atom stereocenters. The van der Waals surface area contributed by atoms with E-state index in [4.69, 9.17) is 5.26 Å². The Morgan fingerprint density at radius 2 is 2.16 bits per heavy atom. The summed E-state index contributed by atoms with van der Waals surface area (Å²) in [6, 6.07) is 12.2. The molecule has 1 saturated heterocycles. The first-order chi connectivity index (χ1) is 18.5. The Labute approximate surface area is 218 Å². The van der Waals surface area contributed by atoms with E-state index in [1.807, 2.05) is 24.3 Å². The smallest absolute Gasteiger partial charge is 0.236 e. The number of likely N-dealkylation sites (tertiary alicyclic amines) is 1. The Balaban J connectivity index is 1.57. The molecule has 38 heavy (non-hydrogen) atoms. The molecule has 194 valence electrons. The molecule has 3 N–H and O–H groups in total. The van der Waals surface area contributed by atoms with Crippen molar-refractivity contribution in [2.45, 2.75) is 31.8 Å². The highest BCUT2D eigenvalue weighted by atomic mass is 19.1. The average Bonchev–Trinajstić information content (AvgIpc) is 3.36. The SMILES string of the molecule is CNCc1ccc(-c2nc(-c3cnn4ccccc34)nc(N[C@@H]3CCCN(C(=O)CC#N)C3)c2F)cc1O. The van der Waals surface area contributed by atoms with Crippen LogP contribution in [0, 0.1) is 17.1 Å². The standard InChI is InChI=1S/C27H27FN8O2/c1-30-14-18-8-7-17(13-22(18)37)25-24(28)27(32-19-5-4-11-35(16-19)23(38)9-10-29)34-26(33-25)20-15-31-36-12-3-2-6-21(20)36/h2-3,6-8,12-13,15,19,30,37H,4-5,9,11,14,16H2,1H3,(H,32,33,34)/t19-/m1/s1. The molecule has 10 nitrogen and oxygen atoms in total. The van der Waals surface area contributed by atoms with Crippen LogP contribution in [0.2, 0.25) is 0 Å². The van der Waals surface area contributed by atoms with Gasteiger partial charge in [0.2, 0.25) is 5.91 Å². The van der Waals surface area contributed by atoms with E-state index in [9.17, 15) is 9.90 Å². The fraction of sp³-hybridized carbons (Fsp3) is 0.296. The molecule has 0 saturated carbocycles. The number of anilines is 1. The number of fused-ring (bicyclic) bond motifs is 1. The molecule has 4 heterocycles. The topological polar surface area (TPSA) is 131 Å². The summed E-state index contributed by atoms with van der Waals surface area (Å²) >= 11 is 0. The predicted octanol–water partition coefficient (Wildman–Crippen LogP) is 3.34. The minimum atomic E-state index is -0.661. The van der Waals surface area contributed by atoms with Crippen LogP contribution in [0.5, 0.6) is 5.75 Å². The summed E-state index contributed by atoms with van der Waals surface area (Å²) < 4.78 is 17.7. The number of nitrogens with one attached hydrogen (secondary N) is 2. The molecule has 1 aliphatic rings. The van der Waals surface area contributed by atoms with Gasteiger partial charge in [0.25, 0.3) is 0 Å². The van der Waals surface area contributed by atoms with Crippen LogP contribution in [0.1, 0.15) is 24.8 Å². The van der Waals surface area contributed by atoms with Crippen molar-refractivity contribution in [1.82, 2.24) is 29.8 Å². The number of nitriles is 1. The van der Waals surface area contributed by atoms with Crippen molar-refractivity contribution in [2.24, 2.45) is 0 Å². The Hall–Kier alpha value is -4.56. The average molecular weight is 515 g/mol. The molecular weight excluding hydrogens is 487 g/mol. The molecule has 1 aliphatic heterocycles. The van der Waals surface area contributed by atoms with E-state index in [-0.39, 0.29) is 41.5 Å². The summed E-state index contributed by atoms with van der Waals surface area (Å²) in [5.41, 5.74) is 2.50. The molecule has 0 spiro atoms. The summed E-state index contributed by atoms with van der Waals surface area (Å²) in [4.78, 5) is 23.0. The number of pyridine rings is 1. The lowest BCUT2D eigenvalue weighted by molar-refractivity contribution is -0.131. The molecule has 1 aromatic carbocycles. The summed E-state index contributed by atoms with van der Waals surface area (Å²) in [5, 5.41) is 30.0. The first kappa shape index (κ1) is 25.1. The molecule has 0 bridgehead atoms. The molecule has 1 amide bonds. The van der Waals surface area contributed by atoms with E-state index in [0.717, 1.165) is 11.9 Å². The number of halogens is 1. The number of benzene rings is 1. The monoisotopic (exact) mass is 514 g/mol. The molecule has 1 atom stereocenters. The van der Waals surface area contributed by atoms with Gasteiger partial charge in [-0.1, -0.05) is 18.2 Å². The fourth-order valence-electron chi connectivity index (χ4n) is 4.71. The Morgan fingerprint density at radius 3 is 2.95 bits per heavy atom. The minimum absolute atomic E-state index is 0.00125. The first-order valence-electron chi connectivity index (χ1n) is 12.4. The van der Waals surface area contributed by atoms with Gasteiger partial charge in [-0.15, -0.1) is 0 Å². The van der Waals surface area contributed by atoms with Gasteiger partial charge < -0.3 is 20.6 Å². The van der Waals surface area contributed by atoms with Crippen molar-refractivity contribution in [3.8, 4) is 34.5 Å². The third-order valence-electron chi connectivity index (χ3n) is 6.59. The van der Waals surface area contributed by atoms with Crippen LogP contribution < -0.4 is 10.6 Å². The summed E-state index contributed by atoms with van der Waals surface area (Å²) in [5.74, 6) is -0.602. The number of piperidine rings is 1. The van der Waals surface area contributed by atoms with Gasteiger partial charge in [-0.2, -0.15) is 10.4 Å². The van der Waals surface area contributed by atoms with Gasteiger partial charge in [-0.3, -0.25) is 4.79 Å². The molecular formula is C27H27FN8O2. The highest BCUT2D eigenvalue weighted by Gasteiger charge is 2.26. The number of amides is 1. The normalized spacial score (nSPS) is 15.4. The number of aromatic nitrogens is 4. The minimum Gasteiger partial charge on any atom is -0.508 e. The number of hydrogen-bond donors (Lipinski definition) is 3. The van der Waals surface area contributed by atoms with Crippen molar-refractivity contribution in [3.05, 3.63) is 60.2 Å². The number of carbonyl (C=O) groups excluding carboxylic acids is 1. The molecule has 5 rings (SSSR count). The van der Waals surface area contributed by atoms with Crippen LogP contribution in [0.4, 0.5) is 10.2 Å². The number of aromatic hydroxyl groups is 1. The second-order valence-electron chi connectivity index (χ2n) is 9.18. The third kappa shape index (κ3) is 4.99. The van der Waals surface area contributed by atoms with E-state index in [1.165, 1.54) is 6.07 Å². The zero-order valence-corrected chi connectivity index (χ0v) is 20.9. The zero-order chi connectivity index (χ0) is 26.6. The summed E-state index contributed by atoms with van der Waals surface area (Å²) in [6.45, 7) is 1.36. The Bertz CT molecular complexity index is 1530. The van der Waals surface area contributed by atoms with Crippen LogP contribution >= 0.6 is 0 Å². The summed E-state index contributed by atoms with van der Waals surface area (Å²) in [7, 11) is 1.78. The first-order valence-corrected chi connectivity index (χ1v) is 12.4. The summed E-state index contributed by atoms with van der Waals surface area (Å²) in [6.07, 6.45) is 4.67. The Kier molecular flexibility index (Phi) is 7.15. The zero-order valence-electron chi connectivity index (χ0n) is 20.9. The number of hydrogen-bond acceptors (Lipinski definition) is 8. The van der Waals surface area contributed by atoms with Crippen molar-refractivity contribution in [3.63, 3.8) is 0 Å². The lowest BCUT2D eigenvalue weighted by atomic mass is 10.0. The largest absolute Gasteiger partial charge is 0.508 e. The van der Waals surface area contributed by atoms with E-state index in [1.54, 1.807) is 41.0 Å². The van der Waals surface area contributed by atoms with Gasteiger partial charge >= 0.3 is 0 Å². The molecule has 4 aromatic rings. The molecule has 0 aliphatic carbocycles. The van der Waals surface area contributed by atoms with Crippen LogP contribution in [-0.4, -0.2) is 61.7 Å². The maximum Gasteiger partial charge on any atom is 0.236 e. The van der Waals surface area contributed by atoms with Crippen LogP contribution in [-0.2, 0) is 11.3 Å². The van der Waals surface area contributed by atoms with Crippen LogP contribution in [0.25, 0.3) is 28.2 Å². The lowest BCUT2D eigenvalue weighted by Crippen LogP contribution is -2.45. The van der Waals surface area contributed by atoms with Gasteiger partial charge in [-0.25, -0.2) is 18.9 Å². The molecule has 0 radical (unpaired) electrons. The van der Waals surface area contributed by atoms with Crippen LogP contribution in [0.3, 0.4) is 0 Å². The van der Waals surface area contributed by atoms with E-state index < -0.39 is 5.82 Å². The van der Waals surface area contributed by atoms with Gasteiger partial charge in [0.05, 0.1) is 23.3 Å². The van der Waals surface area contributed by atoms with Crippen LogP contribution in [0.15, 0.2) is 48.8 Å². The number of phenols is 1. The highest BCUT2D eigenvalue weighted by Crippen LogP contribution is 2.33. The van der Waals surface area contributed by atoms with Crippen molar-refractivity contribution in [1.29, 1.82) is 5.26 Å². The molecule has 1 fully saturated rings. The number of nitrogens with zero attached hydrogens (tertiary/aromatic N) is 6. The van der Waals surface area contributed by atoms with Gasteiger partial charge in [0.1, 0.15) is 17.9 Å². The van der Waals surface area contributed by atoms with Crippen molar-refractivity contribution < 1.29 is 14.3 Å². The quantitative estimate of drug-likeness (QED) is 0.342. The molecule has 11 heteroatoms. The number of rotatable bonds is 7. The second kappa shape index (κ2) is 10.8. The predicted molar refractivity (Wildman–Crippen MR) is 139 cm³/mol. The maximum absolute atomic E-state index is 16.0. The van der Waals surface area contributed by atoms with Crippen molar-refractivity contribution in [2.75, 3.05) is 25.5 Å². The lowest BCUT2D eigenvalue weighted by Gasteiger charge is -2.33. The van der Waals surface area contributed by atoms with E-state index in [2.05, 4.69) is 25.7 Å². The van der Waals surface area contributed by atoms with Gasteiger partial charge in [0, 0.05) is 43.0 Å². The number of phenolic OH excluding ortho intramolecular Hbond substituents is 1. The van der Waals surface area contributed by atoms with Gasteiger partial charge in [0.15, 0.2) is 17.5 Å². The maximum atomic E-state index is 16.0.